The first-order valence-electron chi connectivity index (χ1n) is 5.22. The summed E-state index contributed by atoms with van der Waals surface area (Å²) in [4.78, 5) is 10.4. The summed E-state index contributed by atoms with van der Waals surface area (Å²) in [6.07, 6.45) is 1.47. The number of H-pyrrole nitrogens is 1. The van der Waals surface area contributed by atoms with Crippen molar-refractivity contribution >= 4 is 11.2 Å². The van der Waals surface area contributed by atoms with Crippen LogP contribution in [0.1, 0.15) is 0 Å². The van der Waals surface area contributed by atoms with E-state index in [9.17, 15) is 17.6 Å². The van der Waals surface area contributed by atoms with Crippen molar-refractivity contribution in [3.05, 3.63) is 47.7 Å². The van der Waals surface area contributed by atoms with Crippen molar-refractivity contribution in [2.24, 2.45) is 0 Å². The van der Waals surface area contributed by atoms with Crippen LogP contribution < -0.4 is 0 Å². The van der Waals surface area contributed by atoms with Crippen LogP contribution in [0.15, 0.2) is 24.4 Å². The van der Waals surface area contributed by atoms with E-state index >= 15 is 0 Å². The first-order chi connectivity index (χ1) is 9.08. The maximum absolute atomic E-state index is 13.6. The highest BCUT2D eigenvalue weighted by Gasteiger charge is 2.21. The number of halogens is 4. The highest BCUT2D eigenvalue weighted by Crippen LogP contribution is 2.27. The van der Waals surface area contributed by atoms with Crippen molar-refractivity contribution in [1.29, 1.82) is 0 Å². The average molecular weight is 267 g/mol. The quantitative estimate of drug-likeness (QED) is 0.418. The minimum absolute atomic E-state index is 0.121. The van der Waals surface area contributed by atoms with Gasteiger partial charge >= 0.3 is 0 Å². The van der Waals surface area contributed by atoms with Gasteiger partial charge in [-0.05, 0) is 18.2 Å². The van der Waals surface area contributed by atoms with E-state index < -0.39 is 28.8 Å². The van der Waals surface area contributed by atoms with Crippen LogP contribution in [-0.4, -0.2) is 15.0 Å². The van der Waals surface area contributed by atoms with Gasteiger partial charge in [0.05, 0.1) is 11.1 Å². The molecule has 0 unspecified atom stereocenters. The number of aromatic nitrogens is 3. The summed E-state index contributed by atoms with van der Waals surface area (Å²) in [6, 6.07) is 3.78. The molecule has 19 heavy (non-hydrogen) atoms. The molecule has 3 nitrogen and oxygen atoms in total. The van der Waals surface area contributed by atoms with Crippen molar-refractivity contribution in [3.8, 4) is 11.4 Å². The molecule has 0 aliphatic carbocycles. The van der Waals surface area contributed by atoms with E-state index in [1.807, 2.05) is 0 Å². The number of hydrogen-bond acceptors (Lipinski definition) is 2. The topological polar surface area (TPSA) is 41.6 Å². The molecule has 1 aromatic carbocycles. The van der Waals surface area contributed by atoms with Gasteiger partial charge in [0.15, 0.2) is 28.9 Å². The lowest BCUT2D eigenvalue weighted by atomic mass is 10.2. The van der Waals surface area contributed by atoms with E-state index in [-0.39, 0.29) is 11.5 Å². The van der Waals surface area contributed by atoms with Crippen LogP contribution in [0.2, 0.25) is 0 Å². The summed E-state index contributed by atoms with van der Waals surface area (Å²) in [7, 11) is 0. The van der Waals surface area contributed by atoms with Gasteiger partial charge in [-0.1, -0.05) is 0 Å². The molecule has 0 fully saturated rings. The van der Waals surface area contributed by atoms with Crippen LogP contribution in [0.3, 0.4) is 0 Å². The van der Waals surface area contributed by atoms with Crippen LogP contribution in [0.25, 0.3) is 22.6 Å². The Balaban J connectivity index is 2.27. The summed E-state index contributed by atoms with van der Waals surface area (Å²) >= 11 is 0. The van der Waals surface area contributed by atoms with Crippen LogP contribution in [0, 0.1) is 23.3 Å². The van der Waals surface area contributed by atoms with Crippen LogP contribution in [0.5, 0.6) is 0 Å². The number of aromatic amines is 1. The second-order valence-electron chi connectivity index (χ2n) is 3.81. The number of fused-ring (bicyclic) bond motifs is 1. The third-order valence-electron chi connectivity index (χ3n) is 2.62. The Morgan fingerprint density at radius 2 is 1.79 bits per heavy atom. The lowest BCUT2D eigenvalue weighted by Gasteiger charge is -2.02. The molecule has 0 radical (unpaired) electrons. The Morgan fingerprint density at radius 1 is 1.00 bits per heavy atom. The monoisotopic (exact) mass is 267 g/mol. The van der Waals surface area contributed by atoms with E-state index in [2.05, 4.69) is 15.0 Å². The van der Waals surface area contributed by atoms with Gasteiger partial charge in [0.1, 0.15) is 5.82 Å². The fourth-order valence-corrected chi connectivity index (χ4v) is 1.72. The summed E-state index contributed by atoms with van der Waals surface area (Å²) in [5, 5.41) is 0. The van der Waals surface area contributed by atoms with E-state index in [4.69, 9.17) is 0 Å². The van der Waals surface area contributed by atoms with Crippen molar-refractivity contribution in [2.75, 3.05) is 0 Å². The van der Waals surface area contributed by atoms with Crippen molar-refractivity contribution in [1.82, 2.24) is 15.0 Å². The molecule has 0 bridgehead atoms. The molecule has 3 aromatic rings. The number of hydrogen-bond donors (Lipinski definition) is 1. The van der Waals surface area contributed by atoms with Gasteiger partial charge in [-0.15, -0.1) is 0 Å². The smallest absolute Gasteiger partial charge is 0.198 e. The Morgan fingerprint density at radius 3 is 2.53 bits per heavy atom. The summed E-state index contributed by atoms with van der Waals surface area (Å²) in [6.45, 7) is 0. The van der Waals surface area contributed by atoms with E-state index in [0.717, 1.165) is 0 Å². The highest BCUT2D eigenvalue weighted by molar-refractivity contribution is 5.75. The van der Waals surface area contributed by atoms with Gasteiger partial charge in [0.25, 0.3) is 0 Å². The van der Waals surface area contributed by atoms with Crippen LogP contribution in [0.4, 0.5) is 17.6 Å². The first kappa shape index (κ1) is 11.6. The zero-order valence-corrected chi connectivity index (χ0v) is 9.22. The van der Waals surface area contributed by atoms with Gasteiger partial charge in [0, 0.05) is 6.20 Å². The third kappa shape index (κ3) is 1.74. The molecule has 0 saturated heterocycles. The fourth-order valence-electron chi connectivity index (χ4n) is 1.72. The van der Waals surface area contributed by atoms with Gasteiger partial charge < -0.3 is 4.98 Å². The van der Waals surface area contributed by atoms with Crippen molar-refractivity contribution in [2.45, 2.75) is 0 Å². The molecule has 1 N–H and O–H groups in total. The molecular weight excluding hydrogens is 262 g/mol. The number of rotatable bonds is 1. The van der Waals surface area contributed by atoms with Crippen LogP contribution in [-0.2, 0) is 0 Å². The maximum Gasteiger partial charge on any atom is 0.198 e. The lowest BCUT2D eigenvalue weighted by molar-refractivity contribution is 0.410. The number of nitrogens with one attached hydrogen (secondary N) is 1. The lowest BCUT2D eigenvalue weighted by Crippen LogP contribution is -1.99. The zero-order valence-electron chi connectivity index (χ0n) is 9.22. The minimum Gasteiger partial charge on any atom is -0.336 e. The standard InChI is InChI=1S/C12H5F4N3/c13-6-4-5(8(14)10(16)9(6)15)11-18-7-2-1-3-17-12(7)19-11/h1-4H,(H,17,18,19). The molecule has 2 aromatic heterocycles. The molecule has 7 heteroatoms. The van der Waals surface area contributed by atoms with E-state index in [1.165, 1.54) is 6.20 Å². The largest absolute Gasteiger partial charge is 0.336 e. The SMILES string of the molecule is Fc1cc(-c2nc3ncccc3[nH]2)c(F)c(F)c1F. The van der Waals surface area contributed by atoms with Crippen LogP contribution >= 0.6 is 0 Å². The first-order valence-corrected chi connectivity index (χ1v) is 5.22. The van der Waals surface area contributed by atoms with Crippen molar-refractivity contribution < 1.29 is 17.6 Å². The summed E-state index contributed by atoms with van der Waals surface area (Å²) in [5.74, 6) is -6.83. The fraction of sp³-hybridized carbons (Fsp3) is 0. The Hall–Kier alpha value is -2.44. The van der Waals surface area contributed by atoms with E-state index in [1.54, 1.807) is 12.1 Å². The summed E-state index contributed by atoms with van der Waals surface area (Å²) in [5.41, 5.74) is 0.249. The molecule has 3 rings (SSSR count). The molecule has 0 aliphatic heterocycles. The molecule has 0 spiro atoms. The third-order valence-corrected chi connectivity index (χ3v) is 2.62. The Labute approximate surface area is 103 Å². The zero-order chi connectivity index (χ0) is 13.6. The second-order valence-corrected chi connectivity index (χ2v) is 3.81. The molecule has 2 heterocycles. The molecule has 0 atom stereocenters. The Kier molecular flexibility index (Phi) is 2.48. The summed E-state index contributed by atoms with van der Waals surface area (Å²) < 4.78 is 52.7. The predicted molar refractivity (Wildman–Crippen MR) is 59.2 cm³/mol. The number of benzene rings is 1. The molecule has 96 valence electrons. The van der Waals surface area contributed by atoms with Crippen molar-refractivity contribution in [3.63, 3.8) is 0 Å². The van der Waals surface area contributed by atoms with Gasteiger partial charge in [0.2, 0.25) is 0 Å². The Bertz CT molecular complexity index is 749. The molecular formula is C12H5F4N3. The maximum atomic E-state index is 13.6. The van der Waals surface area contributed by atoms with Gasteiger partial charge in [-0.25, -0.2) is 27.5 Å². The normalized spacial score (nSPS) is 11.2. The number of pyridine rings is 1. The van der Waals surface area contributed by atoms with Gasteiger partial charge in [-0.2, -0.15) is 0 Å². The van der Waals surface area contributed by atoms with Gasteiger partial charge in [-0.3, -0.25) is 0 Å². The minimum atomic E-state index is -1.87. The number of nitrogens with zero attached hydrogens (tertiary/aromatic N) is 2. The molecule has 0 aliphatic rings. The van der Waals surface area contributed by atoms with E-state index in [0.29, 0.717) is 11.6 Å². The molecule has 0 saturated carbocycles. The second kappa shape index (κ2) is 4.04. The molecule has 0 amide bonds. The average Bonchev–Trinajstić information content (AvgIpc) is 2.84. The number of imidazole rings is 1. The highest BCUT2D eigenvalue weighted by atomic mass is 19.2. The predicted octanol–water partition coefficient (Wildman–Crippen LogP) is 3.18.